The van der Waals surface area contributed by atoms with Crippen LogP contribution in [-0.2, 0) is 4.74 Å². The van der Waals surface area contributed by atoms with Gasteiger partial charge in [0.05, 0.1) is 18.2 Å². The number of benzene rings is 1. The van der Waals surface area contributed by atoms with Crippen LogP contribution in [0.25, 0.3) is 10.9 Å². The molecule has 1 aromatic heterocycles. The number of hydrogen-bond acceptors (Lipinski definition) is 3. The third kappa shape index (κ3) is 1.52. The van der Waals surface area contributed by atoms with Gasteiger partial charge in [-0.25, -0.2) is 9.59 Å². The second-order valence-electron chi connectivity index (χ2n) is 3.26. The van der Waals surface area contributed by atoms with E-state index < -0.39 is 11.9 Å². The van der Waals surface area contributed by atoms with Crippen molar-refractivity contribution >= 4 is 22.8 Å². The third-order valence-electron chi connectivity index (χ3n) is 2.33. The number of nitrogens with one attached hydrogen (secondary N) is 1. The maximum atomic E-state index is 11.3. The predicted molar refractivity (Wildman–Crippen MR) is 56.6 cm³/mol. The molecule has 82 valence electrons. The summed E-state index contributed by atoms with van der Waals surface area (Å²) in [5, 5.41) is 9.45. The highest BCUT2D eigenvalue weighted by molar-refractivity contribution is 6.05. The number of hydrogen-bond donors (Lipinski definition) is 2. The fourth-order valence-electron chi connectivity index (χ4n) is 1.54. The Morgan fingerprint density at radius 3 is 2.75 bits per heavy atom. The topological polar surface area (TPSA) is 79.4 Å². The number of fused-ring (bicyclic) bond motifs is 1. The summed E-state index contributed by atoms with van der Waals surface area (Å²) in [5.74, 6) is -1.45. The number of esters is 1. The third-order valence-corrected chi connectivity index (χ3v) is 2.33. The highest BCUT2D eigenvalue weighted by Crippen LogP contribution is 2.20. The molecule has 0 aliphatic heterocycles. The monoisotopic (exact) mass is 219 g/mol. The largest absolute Gasteiger partial charge is 0.478 e. The van der Waals surface area contributed by atoms with Gasteiger partial charge in [0.15, 0.2) is 0 Å². The van der Waals surface area contributed by atoms with Gasteiger partial charge in [-0.3, -0.25) is 0 Å². The Morgan fingerprint density at radius 1 is 1.38 bits per heavy atom. The van der Waals surface area contributed by atoms with Crippen molar-refractivity contribution in [3.05, 3.63) is 35.5 Å². The molecule has 1 heterocycles. The van der Waals surface area contributed by atoms with E-state index in [-0.39, 0.29) is 5.56 Å². The van der Waals surface area contributed by atoms with E-state index in [0.29, 0.717) is 16.5 Å². The van der Waals surface area contributed by atoms with Crippen molar-refractivity contribution < 1.29 is 19.4 Å². The summed E-state index contributed by atoms with van der Waals surface area (Å²) in [6.45, 7) is 0. The first-order chi connectivity index (χ1) is 7.63. The van der Waals surface area contributed by atoms with Gasteiger partial charge in [0.25, 0.3) is 0 Å². The van der Waals surface area contributed by atoms with E-state index in [4.69, 9.17) is 5.11 Å². The van der Waals surface area contributed by atoms with Crippen molar-refractivity contribution in [2.75, 3.05) is 7.11 Å². The molecule has 1 aromatic carbocycles. The summed E-state index contributed by atoms with van der Waals surface area (Å²) in [7, 11) is 1.30. The van der Waals surface area contributed by atoms with Crippen LogP contribution in [0.5, 0.6) is 0 Å². The number of carbonyl (C=O) groups excluding carboxylic acids is 1. The molecular formula is C11H9NO4. The lowest BCUT2D eigenvalue weighted by Gasteiger charge is -1.97. The van der Waals surface area contributed by atoms with Crippen LogP contribution < -0.4 is 0 Å². The van der Waals surface area contributed by atoms with Crippen molar-refractivity contribution in [1.29, 1.82) is 0 Å². The molecule has 0 aliphatic carbocycles. The molecule has 0 aliphatic rings. The number of aromatic carboxylic acids is 1. The maximum Gasteiger partial charge on any atom is 0.340 e. The van der Waals surface area contributed by atoms with Gasteiger partial charge in [0.2, 0.25) is 0 Å². The number of aromatic nitrogens is 1. The van der Waals surface area contributed by atoms with Crippen LogP contribution in [0.2, 0.25) is 0 Å². The maximum absolute atomic E-state index is 11.3. The molecule has 0 atom stereocenters. The minimum Gasteiger partial charge on any atom is -0.478 e. The molecule has 0 spiro atoms. The van der Waals surface area contributed by atoms with E-state index in [1.165, 1.54) is 25.4 Å². The standard InChI is InChI=1S/C11H9NO4/c1-16-11(15)8-5-12-9-4-6(10(13)14)2-3-7(8)9/h2-5,12H,1H3,(H,13,14). The SMILES string of the molecule is COC(=O)c1c[nH]c2cc(C(=O)O)ccc12. The molecule has 16 heavy (non-hydrogen) atoms. The molecule has 0 bridgehead atoms. The zero-order chi connectivity index (χ0) is 11.7. The van der Waals surface area contributed by atoms with E-state index in [2.05, 4.69) is 9.72 Å². The fourth-order valence-corrected chi connectivity index (χ4v) is 1.54. The molecule has 0 fully saturated rings. The number of aromatic amines is 1. The molecule has 2 N–H and O–H groups in total. The zero-order valence-electron chi connectivity index (χ0n) is 8.48. The van der Waals surface area contributed by atoms with Crippen molar-refractivity contribution in [2.24, 2.45) is 0 Å². The van der Waals surface area contributed by atoms with E-state index in [1.807, 2.05) is 0 Å². The van der Waals surface area contributed by atoms with Crippen LogP contribution in [0.4, 0.5) is 0 Å². The van der Waals surface area contributed by atoms with Gasteiger partial charge in [-0.15, -0.1) is 0 Å². The number of ether oxygens (including phenoxy) is 1. The van der Waals surface area contributed by atoms with Crippen LogP contribution in [0.15, 0.2) is 24.4 Å². The number of methoxy groups -OCH3 is 1. The van der Waals surface area contributed by atoms with Gasteiger partial charge in [-0.05, 0) is 12.1 Å². The average Bonchev–Trinajstić information content (AvgIpc) is 2.70. The average molecular weight is 219 g/mol. The first-order valence-electron chi connectivity index (χ1n) is 4.56. The molecule has 0 amide bonds. The number of carboxylic acids is 1. The van der Waals surface area contributed by atoms with Gasteiger partial charge in [0.1, 0.15) is 0 Å². The molecule has 0 saturated carbocycles. The zero-order valence-corrected chi connectivity index (χ0v) is 8.48. The highest BCUT2D eigenvalue weighted by atomic mass is 16.5. The Bertz CT molecular complexity index is 570. The number of carboxylic acid groups (broad SMARTS) is 1. The molecule has 0 saturated heterocycles. The Kier molecular flexibility index (Phi) is 2.36. The summed E-state index contributed by atoms with van der Waals surface area (Å²) in [4.78, 5) is 24.9. The molecule has 5 nitrogen and oxygen atoms in total. The lowest BCUT2D eigenvalue weighted by molar-refractivity contribution is 0.0602. The Balaban J connectivity index is 2.59. The van der Waals surface area contributed by atoms with Gasteiger partial charge in [0, 0.05) is 17.1 Å². The van der Waals surface area contributed by atoms with Crippen molar-refractivity contribution in [3.63, 3.8) is 0 Å². The smallest absolute Gasteiger partial charge is 0.340 e. The van der Waals surface area contributed by atoms with Gasteiger partial charge in [-0.2, -0.15) is 0 Å². The summed E-state index contributed by atoms with van der Waals surface area (Å²) < 4.78 is 4.61. The van der Waals surface area contributed by atoms with Gasteiger partial charge >= 0.3 is 11.9 Å². The van der Waals surface area contributed by atoms with Crippen LogP contribution in [-0.4, -0.2) is 29.1 Å². The highest BCUT2D eigenvalue weighted by Gasteiger charge is 2.13. The van der Waals surface area contributed by atoms with Crippen LogP contribution in [0, 0.1) is 0 Å². The summed E-state index contributed by atoms with van der Waals surface area (Å²) >= 11 is 0. The Labute approximate surface area is 90.6 Å². The van der Waals surface area contributed by atoms with E-state index >= 15 is 0 Å². The minimum absolute atomic E-state index is 0.172. The Hall–Kier alpha value is -2.30. The van der Waals surface area contributed by atoms with Gasteiger partial charge in [-0.1, -0.05) is 6.07 Å². The molecule has 5 heteroatoms. The van der Waals surface area contributed by atoms with Gasteiger partial charge < -0.3 is 14.8 Å². The molecular weight excluding hydrogens is 210 g/mol. The number of carbonyl (C=O) groups is 2. The minimum atomic E-state index is -1.00. The number of H-pyrrole nitrogens is 1. The van der Waals surface area contributed by atoms with Crippen molar-refractivity contribution in [3.8, 4) is 0 Å². The van der Waals surface area contributed by atoms with E-state index in [0.717, 1.165) is 0 Å². The quantitative estimate of drug-likeness (QED) is 0.752. The van der Waals surface area contributed by atoms with Crippen LogP contribution >= 0.6 is 0 Å². The first kappa shape index (κ1) is 10.2. The molecule has 2 rings (SSSR count). The second-order valence-corrected chi connectivity index (χ2v) is 3.26. The lowest BCUT2D eigenvalue weighted by atomic mass is 10.1. The van der Waals surface area contributed by atoms with Crippen molar-refractivity contribution in [1.82, 2.24) is 4.98 Å². The van der Waals surface area contributed by atoms with Crippen molar-refractivity contribution in [2.45, 2.75) is 0 Å². The molecule has 2 aromatic rings. The second kappa shape index (κ2) is 3.69. The summed E-state index contributed by atoms with van der Waals surface area (Å²) in [6, 6.07) is 4.51. The fraction of sp³-hybridized carbons (Fsp3) is 0.0909. The van der Waals surface area contributed by atoms with E-state index in [1.54, 1.807) is 6.07 Å². The normalized spacial score (nSPS) is 10.3. The van der Waals surface area contributed by atoms with E-state index in [9.17, 15) is 9.59 Å². The first-order valence-corrected chi connectivity index (χ1v) is 4.56. The lowest BCUT2D eigenvalue weighted by Crippen LogP contribution is -2.00. The predicted octanol–water partition coefficient (Wildman–Crippen LogP) is 1.65. The Morgan fingerprint density at radius 2 is 2.12 bits per heavy atom. The molecule has 0 unspecified atom stereocenters. The van der Waals surface area contributed by atoms with Crippen LogP contribution in [0.3, 0.4) is 0 Å². The van der Waals surface area contributed by atoms with Crippen LogP contribution in [0.1, 0.15) is 20.7 Å². The summed E-state index contributed by atoms with van der Waals surface area (Å²) in [5.41, 5.74) is 1.17. The molecule has 0 radical (unpaired) electrons. The summed E-state index contributed by atoms with van der Waals surface area (Å²) in [6.07, 6.45) is 1.50. The number of rotatable bonds is 2.